The molecule has 0 aliphatic rings. The van der Waals surface area contributed by atoms with Crippen molar-refractivity contribution in [2.24, 2.45) is 0 Å². The second-order valence-electron chi connectivity index (χ2n) is 6.65. The molecule has 2 heterocycles. The van der Waals surface area contributed by atoms with Crippen molar-refractivity contribution < 1.29 is 22.7 Å². The predicted molar refractivity (Wildman–Crippen MR) is 103 cm³/mol. The van der Waals surface area contributed by atoms with Crippen molar-refractivity contribution in [3.8, 4) is 5.88 Å². The van der Waals surface area contributed by atoms with Crippen LogP contribution in [0.25, 0.3) is 10.9 Å². The van der Waals surface area contributed by atoms with E-state index in [1.807, 2.05) is 13.0 Å². The highest BCUT2D eigenvalue weighted by atomic mass is 19.4. The summed E-state index contributed by atoms with van der Waals surface area (Å²) in [5.41, 5.74) is 1.84. The Morgan fingerprint density at radius 2 is 2.03 bits per heavy atom. The third-order valence-electron chi connectivity index (χ3n) is 4.31. The third kappa shape index (κ3) is 5.56. The van der Waals surface area contributed by atoms with Crippen LogP contribution < -0.4 is 15.6 Å². The highest BCUT2D eigenvalue weighted by molar-refractivity contribution is 5.80. The van der Waals surface area contributed by atoms with E-state index in [0.717, 1.165) is 5.56 Å². The Kier molecular flexibility index (Phi) is 6.34. The van der Waals surface area contributed by atoms with Crippen LogP contribution in [0.3, 0.4) is 0 Å². The third-order valence-corrected chi connectivity index (χ3v) is 4.31. The van der Waals surface area contributed by atoms with Gasteiger partial charge in [0.15, 0.2) is 6.61 Å². The van der Waals surface area contributed by atoms with Crippen molar-refractivity contribution in [3.05, 3.63) is 64.3 Å². The van der Waals surface area contributed by atoms with Crippen molar-refractivity contribution >= 4 is 16.8 Å². The highest BCUT2D eigenvalue weighted by Crippen LogP contribution is 2.17. The number of amides is 1. The Morgan fingerprint density at radius 3 is 2.80 bits per heavy atom. The summed E-state index contributed by atoms with van der Waals surface area (Å²) in [4.78, 5) is 32.6. The van der Waals surface area contributed by atoms with Crippen molar-refractivity contribution in [1.29, 1.82) is 0 Å². The molecule has 0 saturated carbocycles. The number of fused-ring (bicyclic) bond motifs is 1. The smallest absolute Gasteiger partial charge is 0.422 e. The maximum atomic E-state index is 12.5. The first-order chi connectivity index (χ1) is 14.2. The number of para-hydroxylation sites is 1. The molecule has 0 bridgehead atoms. The van der Waals surface area contributed by atoms with Gasteiger partial charge in [-0.05, 0) is 30.2 Å². The summed E-state index contributed by atoms with van der Waals surface area (Å²) in [6.45, 7) is 0.667. The molecule has 0 unspecified atom stereocenters. The van der Waals surface area contributed by atoms with Gasteiger partial charge in [0.05, 0.1) is 17.2 Å². The molecule has 2 aromatic heterocycles. The molecule has 3 aromatic rings. The number of halogens is 3. The van der Waals surface area contributed by atoms with Crippen molar-refractivity contribution in [1.82, 2.24) is 19.9 Å². The quantitative estimate of drug-likeness (QED) is 0.635. The SMILES string of the molecule is Cc1cccc2c(=O)n(CCC(=O)NCc3ccnc(OCC(F)(F)F)c3)cnc12. The van der Waals surface area contributed by atoms with Crippen molar-refractivity contribution in [3.63, 3.8) is 0 Å². The van der Waals surface area contributed by atoms with Gasteiger partial charge in [0, 0.05) is 31.8 Å². The molecule has 10 heteroatoms. The number of hydrogen-bond acceptors (Lipinski definition) is 5. The minimum atomic E-state index is -4.46. The number of benzene rings is 1. The Bertz CT molecular complexity index is 1110. The van der Waals surface area contributed by atoms with E-state index in [1.165, 1.54) is 23.2 Å². The van der Waals surface area contributed by atoms with Gasteiger partial charge in [0.25, 0.3) is 5.56 Å². The maximum absolute atomic E-state index is 12.5. The molecular weight excluding hydrogens is 401 g/mol. The molecule has 158 valence electrons. The van der Waals surface area contributed by atoms with Crippen LogP contribution >= 0.6 is 0 Å². The number of carbonyl (C=O) groups excluding carboxylic acids is 1. The summed E-state index contributed by atoms with van der Waals surface area (Å²) in [5.74, 6) is -0.496. The molecule has 7 nitrogen and oxygen atoms in total. The zero-order valence-corrected chi connectivity index (χ0v) is 16.1. The minimum Gasteiger partial charge on any atom is -0.468 e. The molecule has 0 fully saturated rings. The monoisotopic (exact) mass is 420 g/mol. The van der Waals surface area contributed by atoms with Gasteiger partial charge in [-0.2, -0.15) is 13.2 Å². The Hall–Kier alpha value is -3.43. The van der Waals surface area contributed by atoms with E-state index in [4.69, 9.17) is 0 Å². The van der Waals surface area contributed by atoms with Crippen LogP contribution in [0.4, 0.5) is 13.2 Å². The average Bonchev–Trinajstić information content (AvgIpc) is 2.71. The summed E-state index contributed by atoms with van der Waals surface area (Å²) < 4.78 is 42.6. The number of nitrogens with one attached hydrogen (secondary N) is 1. The Balaban J connectivity index is 1.55. The molecule has 0 aliphatic heterocycles. The zero-order valence-electron chi connectivity index (χ0n) is 16.1. The highest BCUT2D eigenvalue weighted by Gasteiger charge is 2.28. The normalized spacial score (nSPS) is 11.5. The minimum absolute atomic E-state index is 0.0431. The Labute approximate surface area is 169 Å². The molecule has 30 heavy (non-hydrogen) atoms. The molecule has 1 N–H and O–H groups in total. The van der Waals surface area contributed by atoms with E-state index in [2.05, 4.69) is 20.0 Å². The van der Waals surface area contributed by atoms with Gasteiger partial charge < -0.3 is 10.1 Å². The van der Waals surface area contributed by atoms with Crippen molar-refractivity contribution in [2.45, 2.75) is 32.6 Å². The second kappa shape index (κ2) is 8.93. The summed E-state index contributed by atoms with van der Waals surface area (Å²) in [6, 6.07) is 8.22. The van der Waals surface area contributed by atoms with Gasteiger partial charge in [0.2, 0.25) is 11.8 Å². The van der Waals surface area contributed by atoms with Crippen LogP contribution in [0, 0.1) is 6.92 Å². The van der Waals surface area contributed by atoms with Gasteiger partial charge >= 0.3 is 6.18 Å². The van der Waals surface area contributed by atoms with E-state index >= 15 is 0 Å². The average molecular weight is 420 g/mol. The number of hydrogen-bond donors (Lipinski definition) is 1. The Morgan fingerprint density at radius 1 is 1.23 bits per heavy atom. The van der Waals surface area contributed by atoms with Crippen LogP contribution in [0.1, 0.15) is 17.5 Å². The lowest BCUT2D eigenvalue weighted by atomic mass is 10.1. The number of rotatable bonds is 7. The number of pyridine rings is 1. The fourth-order valence-corrected chi connectivity index (χ4v) is 2.80. The first-order valence-corrected chi connectivity index (χ1v) is 9.09. The van der Waals surface area contributed by atoms with Gasteiger partial charge in [-0.3, -0.25) is 14.2 Å². The first kappa shape index (κ1) is 21.3. The molecular formula is C20H19F3N4O3. The zero-order chi connectivity index (χ0) is 21.7. The molecule has 0 atom stereocenters. The number of carbonyl (C=O) groups is 1. The van der Waals surface area contributed by atoms with Gasteiger partial charge in [-0.25, -0.2) is 9.97 Å². The van der Waals surface area contributed by atoms with E-state index in [-0.39, 0.29) is 36.9 Å². The fraction of sp³-hybridized carbons (Fsp3) is 0.300. The van der Waals surface area contributed by atoms with E-state index in [9.17, 15) is 22.8 Å². The molecule has 3 rings (SSSR count). The second-order valence-corrected chi connectivity index (χ2v) is 6.65. The molecule has 1 amide bonds. The summed E-state index contributed by atoms with van der Waals surface area (Å²) in [7, 11) is 0. The van der Waals surface area contributed by atoms with Crippen molar-refractivity contribution in [2.75, 3.05) is 6.61 Å². The summed E-state index contributed by atoms with van der Waals surface area (Å²) >= 11 is 0. The summed E-state index contributed by atoms with van der Waals surface area (Å²) in [6.07, 6.45) is -1.70. The van der Waals surface area contributed by atoms with E-state index in [1.54, 1.807) is 18.2 Å². The number of ether oxygens (including phenoxy) is 1. The number of aryl methyl sites for hydroxylation is 2. The number of alkyl halides is 3. The lowest BCUT2D eigenvalue weighted by molar-refractivity contribution is -0.154. The summed E-state index contributed by atoms with van der Waals surface area (Å²) in [5, 5.41) is 3.14. The lowest BCUT2D eigenvalue weighted by Crippen LogP contribution is -2.27. The molecule has 0 spiro atoms. The number of nitrogens with zero attached hydrogens (tertiary/aromatic N) is 3. The fourth-order valence-electron chi connectivity index (χ4n) is 2.80. The maximum Gasteiger partial charge on any atom is 0.422 e. The predicted octanol–water partition coefficient (Wildman–Crippen LogP) is 2.75. The molecule has 1 aromatic carbocycles. The first-order valence-electron chi connectivity index (χ1n) is 9.09. The van der Waals surface area contributed by atoms with Gasteiger partial charge in [-0.15, -0.1) is 0 Å². The van der Waals surface area contributed by atoms with Crippen LogP contribution in [-0.2, 0) is 17.9 Å². The lowest BCUT2D eigenvalue weighted by Gasteiger charge is -2.10. The molecule has 0 aliphatic carbocycles. The molecule has 0 radical (unpaired) electrons. The standard InChI is InChI=1S/C20H19F3N4O3/c1-13-3-2-4-15-18(13)26-12-27(19(15)29)8-6-16(28)25-10-14-5-7-24-17(9-14)30-11-20(21,22)23/h2-5,7,9,12H,6,8,10-11H2,1H3,(H,25,28). The topological polar surface area (TPSA) is 86.1 Å². The van der Waals surface area contributed by atoms with Crippen LogP contribution in [-0.4, -0.2) is 33.2 Å². The number of aromatic nitrogens is 3. The van der Waals surface area contributed by atoms with Crippen LogP contribution in [0.5, 0.6) is 5.88 Å². The van der Waals surface area contributed by atoms with E-state index in [0.29, 0.717) is 16.5 Å². The molecule has 0 saturated heterocycles. The van der Waals surface area contributed by atoms with Crippen LogP contribution in [0.15, 0.2) is 47.7 Å². The van der Waals surface area contributed by atoms with Gasteiger partial charge in [-0.1, -0.05) is 12.1 Å². The van der Waals surface area contributed by atoms with E-state index < -0.39 is 12.8 Å². The largest absolute Gasteiger partial charge is 0.468 e. The van der Waals surface area contributed by atoms with Crippen LogP contribution in [0.2, 0.25) is 0 Å². The van der Waals surface area contributed by atoms with Gasteiger partial charge in [0.1, 0.15) is 0 Å².